The lowest BCUT2D eigenvalue weighted by Gasteiger charge is -2.08. The molecule has 2 rings (SSSR count). The molecule has 0 atom stereocenters. The van der Waals surface area contributed by atoms with Crippen molar-refractivity contribution in [3.8, 4) is 11.5 Å². The highest BCUT2D eigenvalue weighted by molar-refractivity contribution is 5.90. The minimum atomic E-state index is -0.328. The Balaban J connectivity index is 1.67. The standard InChI is InChI=1S/C17H18FNO3/c1-21-15-8-10-16(11-9-15)22-12-2-3-17(20)19-14-6-4-13(18)5-7-14/h4-11H,2-3,12H2,1H3,(H,19,20). The van der Waals surface area contributed by atoms with Gasteiger partial charge in [-0.2, -0.15) is 0 Å². The SMILES string of the molecule is COc1ccc(OCCCC(=O)Nc2ccc(F)cc2)cc1. The molecule has 0 aliphatic heterocycles. The summed E-state index contributed by atoms with van der Waals surface area (Å²) in [5.41, 5.74) is 0.586. The van der Waals surface area contributed by atoms with Gasteiger partial charge in [-0.05, 0) is 55.0 Å². The molecule has 0 saturated heterocycles. The molecule has 0 aromatic heterocycles. The van der Waals surface area contributed by atoms with E-state index in [1.807, 2.05) is 24.3 Å². The van der Waals surface area contributed by atoms with Crippen molar-refractivity contribution >= 4 is 11.6 Å². The number of halogens is 1. The van der Waals surface area contributed by atoms with E-state index in [2.05, 4.69) is 5.32 Å². The van der Waals surface area contributed by atoms with Gasteiger partial charge in [-0.1, -0.05) is 0 Å². The van der Waals surface area contributed by atoms with Gasteiger partial charge < -0.3 is 14.8 Å². The van der Waals surface area contributed by atoms with Crippen LogP contribution >= 0.6 is 0 Å². The van der Waals surface area contributed by atoms with Crippen LogP contribution in [0.3, 0.4) is 0 Å². The summed E-state index contributed by atoms with van der Waals surface area (Å²) in [6.45, 7) is 0.448. The van der Waals surface area contributed by atoms with Crippen molar-refractivity contribution in [1.82, 2.24) is 0 Å². The van der Waals surface area contributed by atoms with Gasteiger partial charge in [-0.3, -0.25) is 4.79 Å². The summed E-state index contributed by atoms with van der Waals surface area (Å²) in [4.78, 5) is 11.7. The number of hydrogen-bond donors (Lipinski definition) is 1. The Morgan fingerprint density at radius 1 is 1.05 bits per heavy atom. The molecule has 0 unspecified atom stereocenters. The maximum atomic E-state index is 12.7. The molecule has 0 aliphatic carbocycles. The second-order valence-corrected chi connectivity index (χ2v) is 4.68. The van der Waals surface area contributed by atoms with Crippen LogP contribution in [0.4, 0.5) is 10.1 Å². The Bertz CT molecular complexity index is 596. The number of amides is 1. The Morgan fingerprint density at radius 3 is 2.32 bits per heavy atom. The summed E-state index contributed by atoms with van der Waals surface area (Å²) >= 11 is 0. The highest BCUT2D eigenvalue weighted by Gasteiger charge is 2.03. The Morgan fingerprint density at radius 2 is 1.68 bits per heavy atom. The minimum Gasteiger partial charge on any atom is -0.497 e. The lowest BCUT2D eigenvalue weighted by molar-refractivity contribution is -0.116. The first-order valence-corrected chi connectivity index (χ1v) is 6.99. The van der Waals surface area contributed by atoms with Crippen molar-refractivity contribution in [2.75, 3.05) is 19.0 Å². The molecule has 4 nitrogen and oxygen atoms in total. The van der Waals surface area contributed by atoms with Crippen molar-refractivity contribution < 1.29 is 18.7 Å². The normalized spacial score (nSPS) is 10.1. The first kappa shape index (κ1) is 15.8. The van der Waals surface area contributed by atoms with E-state index in [1.165, 1.54) is 24.3 Å². The lowest BCUT2D eigenvalue weighted by Crippen LogP contribution is -2.12. The van der Waals surface area contributed by atoms with Gasteiger partial charge in [0.05, 0.1) is 13.7 Å². The van der Waals surface area contributed by atoms with Crippen molar-refractivity contribution in [1.29, 1.82) is 0 Å². The number of benzene rings is 2. The van der Waals surface area contributed by atoms with Crippen LogP contribution < -0.4 is 14.8 Å². The number of methoxy groups -OCH3 is 1. The number of hydrogen-bond acceptors (Lipinski definition) is 3. The number of carbonyl (C=O) groups excluding carboxylic acids is 1. The van der Waals surface area contributed by atoms with E-state index in [-0.39, 0.29) is 11.7 Å². The summed E-state index contributed by atoms with van der Waals surface area (Å²) in [7, 11) is 1.61. The number of nitrogens with one attached hydrogen (secondary N) is 1. The molecule has 0 bridgehead atoms. The summed E-state index contributed by atoms with van der Waals surface area (Å²) in [6, 6.07) is 12.9. The zero-order valence-electron chi connectivity index (χ0n) is 12.3. The van der Waals surface area contributed by atoms with E-state index >= 15 is 0 Å². The van der Waals surface area contributed by atoms with Gasteiger partial charge in [0.1, 0.15) is 17.3 Å². The van der Waals surface area contributed by atoms with Crippen LogP contribution in [0.2, 0.25) is 0 Å². The molecule has 0 fully saturated rings. The van der Waals surface area contributed by atoms with E-state index in [0.29, 0.717) is 25.1 Å². The molecule has 1 amide bonds. The predicted molar refractivity (Wildman–Crippen MR) is 82.8 cm³/mol. The summed E-state index contributed by atoms with van der Waals surface area (Å²) in [6.07, 6.45) is 0.937. The Labute approximate surface area is 128 Å². The average Bonchev–Trinajstić information content (AvgIpc) is 2.54. The van der Waals surface area contributed by atoms with E-state index in [1.54, 1.807) is 7.11 Å². The quantitative estimate of drug-likeness (QED) is 0.795. The average molecular weight is 303 g/mol. The summed E-state index contributed by atoms with van der Waals surface area (Å²) in [5, 5.41) is 2.71. The third-order valence-corrected chi connectivity index (χ3v) is 3.00. The molecule has 2 aromatic rings. The largest absolute Gasteiger partial charge is 0.497 e. The molecule has 0 heterocycles. The fourth-order valence-electron chi connectivity index (χ4n) is 1.85. The van der Waals surface area contributed by atoms with E-state index in [9.17, 15) is 9.18 Å². The van der Waals surface area contributed by atoms with E-state index in [0.717, 1.165) is 11.5 Å². The Hall–Kier alpha value is -2.56. The zero-order valence-corrected chi connectivity index (χ0v) is 12.3. The molecule has 2 aromatic carbocycles. The first-order valence-electron chi connectivity index (χ1n) is 6.99. The van der Waals surface area contributed by atoms with E-state index < -0.39 is 0 Å². The van der Waals surface area contributed by atoms with Crippen LogP contribution in [0.1, 0.15) is 12.8 Å². The van der Waals surface area contributed by atoms with Gasteiger partial charge in [0, 0.05) is 12.1 Å². The molecule has 0 aliphatic rings. The van der Waals surface area contributed by atoms with Crippen LogP contribution in [0.15, 0.2) is 48.5 Å². The Kier molecular flexibility index (Phi) is 5.77. The zero-order chi connectivity index (χ0) is 15.8. The third-order valence-electron chi connectivity index (χ3n) is 3.00. The van der Waals surface area contributed by atoms with Crippen molar-refractivity contribution in [3.05, 3.63) is 54.3 Å². The van der Waals surface area contributed by atoms with Gasteiger partial charge in [-0.25, -0.2) is 4.39 Å². The lowest BCUT2D eigenvalue weighted by atomic mass is 10.2. The molecule has 116 valence electrons. The van der Waals surface area contributed by atoms with Crippen LogP contribution in [-0.2, 0) is 4.79 Å². The fraction of sp³-hybridized carbons (Fsp3) is 0.235. The van der Waals surface area contributed by atoms with Crippen molar-refractivity contribution in [3.63, 3.8) is 0 Å². The number of ether oxygens (including phenoxy) is 2. The number of carbonyl (C=O) groups is 1. The van der Waals surface area contributed by atoms with Gasteiger partial charge in [-0.15, -0.1) is 0 Å². The van der Waals surface area contributed by atoms with Crippen molar-refractivity contribution in [2.24, 2.45) is 0 Å². The molecule has 0 radical (unpaired) electrons. The monoisotopic (exact) mass is 303 g/mol. The number of anilines is 1. The second kappa shape index (κ2) is 8.02. The fourth-order valence-corrected chi connectivity index (χ4v) is 1.85. The molecule has 0 saturated carbocycles. The second-order valence-electron chi connectivity index (χ2n) is 4.68. The summed E-state index contributed by atoms with van der Waals surface area (Å²) in [5.74, 6) is 1.06. The highest BCUT2D eigenvalue weighted by atomic mass is 19.1. The van der Waals surface area contributed by atoms with Crippen LogP contribution in [0, 0.1) is 5.82 Å². The number of rotatable bonds is 7. The summed E-state index contributed by atoms with van der Waals surface area (Å²) < 4.78 is 23.3. The van der Waals surface area contributed by atoms with Crippen LogP contribution in [-0.4, -0.2) is 19.6 Å². The predicted octanol–water partition coefficient (Wildman–Crippen LogP) is 3.63. The van der Waals surface area contributed by atoms with E-state index in [4.69, 9.17) is 9.47 Å². The smallest absolute Gasteiger partial charge is 0.224 e. The van der Waals surface area contributed by atoms with Gasteiger partial charge in [0.25, 0.3) is 0 Å². The topological polar surface area (TPSA) is 47.6 Å². The van der Waals surface area contributed by atoms with Crippen LogP contribution in [0.25, 0.3) is 0 Å². The highest BCUT2D eigenvalue weighted by Crippen LogP contribution is 2.17. The molecule has 0 spiro atoms. The van der Waals surface area contributed by atoms with Gasteiger partial charge in [0.2, 0.25) is 5.91 Å². The maximum absolute atomic E-state index is 12.7. The third kappa shape index (κ3) is 5.09. The molecular weight excluding hydrogens is 285 g/mol. The molecular formula is C17H18FNO3. The minimum absolute atomic E-state index is 0.120. The molecule has 1 N–H and O–H groups in total. The molecule has 5 heteroatoms. The first-order chi connectivity index (χ1) is 10.7. The maximum Gasteiger partial charge on any atom is 0.224 e. The van der Waals surface area contributed by atoms with Gasteiger partial charge in [0.15, 0.2) is 0 Å². The van der Waals surface area contributed by atoms with Crippen LogP contribution in [0.5, 0.6) is 11.5 Å². The van der Waals surface area contributed by atoms with Gasteiger partial charge >= 0.3 is 0 Å². The van der Waals surface area contributed by atoms with Crippen molar-refractivity contribution in [2.45, 2.75) is 12.8 Å². The molecule has 22 heavy (non-hydrogen) atoms.